The molecule has 0 unspecified atom stereocenters. The summed E-state index contributed by atoms with van der Waals surface area (Å²) in [5.74, 6) is -0.122. The van der Waals surface area contributed by atoms with E-state index in [2.05, 4.69) is 10.3 Å². The zero-order chi connectivity index (χ0) is 18.6. The van der Waals surface area contributed by atoms with Crippen molar-refractivity contribution in [2.45, 2.75) is 6.92 Å². The number of pyridine rings is 1. The van der Waals surface area contributed by atoms with Crippen LogP contribution >= 0.6 is 11.3 Å². The molecule has 2 heterocycles. The maximum absolute atomic E-state index is 12.4. The fraction of sp³-hybridized carbons (Fsp3) is 0.0455. The molecule has 132 valence electrons. The van der Waals surface area contributed by atoms with Gasteiger partial charge < -0.3 is 5.32 Å². The lowest BCUT2D eigenvalue weighted by Gasteiger charge is -2.07. The summed E-state index contributed by atoms with van der Waals surface area (Å²) in [5, 5.41) is 5.93. The van der Waals surface area contributed by atoms with Crippen molar-refractivity contribution in [2.75, 3.05) is 5.32 Å². The smallest absolute Gasteiger partial charge is 0.255 e. The van der Waals surface area contributed by atoms with Crippen molar-refractivity contribution in [3.05, 3.63) is 89.6 Å². The Bertz CT molecular complexity index is 1070. The van der Waals surface area contributed by atoms with Gasteiger partial charge in [0.2, 0.25) is 0 Å². The first-order valence-electron chi connectivity index (χ1n) is 8.53. The normalized spacial score (nSPS) is 10.6. The predicted octanol–water partition coefficient (Wildman–Crippen LogP) is 5.43. The van der Waals surface area contributed by atoms with E-state index in [1.165, 1.54) is 0 Å². The average Bonchev–Trinajstić information content (AvgIpc) is 3.20. The van der Waals surface area contributed by atoms with Crippen molar-refractivity contribution in [3.8, 4) is 21.8 Å². The zero-order valence-corrected chi connectivity index (χ0v) is 15.5. The number of aromatic nitrogens is 2. The molecule has 0 bridgehead atoms. The van der Waals surface area contributed by atoms with Gasteiger partial charge in [-0.05, 0) is 43.3 Å². The molecule has 0 aliphatic rings. The second kappa shape index (κ2) is 7.51. The van der Waals surface area contributed by atoms with Crippen LogP contribution in [0.3, 0.4) is 0 Å². The quantitative estimate of drug-likeness (QED) is 0.520. The van der Waals surface area contributed by atoms with Crippen molar-refractivity contribution in [3.63, 3.8) is 0 Å². The van der Waals surface area contributed by atoms with Crippen LogP contribution in [0, 0.1) is 6.92 Å². The molecule has 0 atom stereocenters. The molecule has 27 heavy (non-hydrogen) atoms. The number of nitrogens with zero attached hydrogens (tertiary/aromatic N) is 2. The zero-order valence-electron chi connectivity index (χ0n) is 14.7. The minimum atomic E-state index is -0.122. The van der Waals surface area contributed by atoms with Gasteiger partial charge in [-0.25, -0.2) is 4.98 Å². The van der Waals surface area contributed by atoms with Crippen molar-refractivity contribution >= 4 is 22.9 Å². The predicted molar refractivity (Wildman–Crippen MR) is 110 cm³/mol. The van der Waals surface area contributed by atoms with Gasteiger partial charge in [-0.1, -0.05) is 29.8 Å². The van der Waals surface area contributed by atoms with Crippen molar-refractivity contribution < 1.29 is 4.79 Å². The van der Waals surface area contributed by atoms with E-state index in [9.17, 15) is 4.79 Å². The number of aryl methyl sites for hydroxylation is 1. The molecule has 1 amide bonds. The average molecular weight is 371 g/mol. The molecule has 2 aromatic carbocycles. The van der Waals surface area contributed by atoms with E-state index in [1.807, 2.05) is 73.0 Å². The first-order valence-corrected chi connectivity index (χ1v) is 9.41. The van der Waals surface area contributed by atoms with Gasteiger partial charge in [0, 0.05) is 40.2 Å². The summed E-state index contributed by atoms with van der Waals surface area (Å²) < 4.78 is 0. The van der Waals surface area contributed by atoms with Crippen LogP contribution in [0.15, 0.2) is 78.4 Å². The molecule has 0 saturated carbocycles. The third-order valence-electron chi connectivity index (χ3n) is 4.16. The van der Waals surface area contributed by atoms with Gasteiger partial charge in [0.1, 0.15) is 5.01 Å². The number of amides is 1. The number of thiazole rings is 1. The maximum atomic E-state index is 12.4. The van der Waals surface area contributed by atoms with E-state index < -0.39 is 0 Å². The number of carbonyl (C=O) groups is 1. The lowest BCUT2D eigenvalue weighted by molar-refractivity contribution is 0.102. The Morgan fingerprint density at radius 3 is 2.52 bits per heavy atom. The molecular weight excluding hydrogens is 354 g/mol. The van der Waals surface area contributed by atoms with Crippen LogP contribution in [0.2, 0.25) is 0 Å². The lowest BCUT2D eigenvalue weighted by atomic mass is 10.1. The summed E-state index contributed by atoms with van der Waals surface area (Å²) in [6.07, 6.45) is 3.52. The topological polar surface area (TPSA) is 54.9 Å². The fourth-order valence-corrected chi connectivity index (χ4v) is 3.53. The summed E-state index contributed by atoms with van der Waals surface area (Å²) >= 11 is 1.59. The van der Waals surface area contributed by atoms with Crippen molar-refractivity contribution in [2.24, 2.45) is 0 Å². The number of hydrogen-bond acceptors (Lipinski definition) is 4. The van der Waals surface area contributed by atoms with Gasteiger partial charge >= 0.3 is 0 Å². The Labute approximate surface area is 161 Å². The highest BCUT2D eigenvalue weighted by Gasteiger charge is 2.09. The molecule has 2 aromatic heterocycles. The van der Waals surface area contributed by atoms with E-state index in [4.69, 9.17) is 4.98 Å². The van der Waals surface area contributed by atoms with Gasteiger partial charge in [0.25, 0.3) is 5.91 Å². The Hall–Kier alpha value is -3.31. The van der Waals surface area contributed by atoms with E-state index >= 15 is 0 Å². The largest absolute Gasteiger partial charge is 0.322 e. The van der Waals surface area contributed by atoms with Crippen LogP contribution in [-0.2, 0) is 0 Å². The van der Waals surface area contributed by atoms with E-state index in [0.717, 1.165) is 33.1 Å². The standard InChI is InChI=1S/C22H17N3OS/c1-15-5-7-16(8-6-15)21(26)24-19-4-2-3-18(13-19)20-14-27-22(25-20)17-9-11-23-12-10-17/h2-14H,1H3,(H,24,26). The SMILES string of the molecule is Cc1ccc(C(=O)Nc2cccc(-c3csc(-c4ccncc4)n3)c2)cc1. The highest BCUT2D eigenvalue weighted by molar-refractivity contribution is 7.13. The lowest BCUT2D eigenvalue weighted by Crippen LogP contribution is -2.11. The summed E-state index contributed by atoms with van der Waals surface area (Å²) in [6, 6.07) is 19.2. The maximum Gasteiger partial charge on any atom is 0.255 e. The second-order valence-corrected chi connectivity index (χ2v) is 7.03. The number of rotatable bonds is 4. The Morgan fingerprint density at radius 1 is 0.963 bits per heavy atom. The highest BCUT2D eigenvalue weighted by atomic mass is 32.1. The van der Waals surface area contributed by atoms with Crippen LogP contribution in [0.5, 0.6) is 0 Å². The summed E-state index contributed by atoms with van der Waals surface area (Å²) in [5.41, 5.74) is 5.41. The number of hydrogen-bond donors (Lipinski definition) is 1. The van der Waals surface area contributed by atoms with Crippen LogP contribution in [0.25, 0.3) is 21.8 Å². The molecule has 4 rings (SSSR count). The molecule has 0 saturated heterocycles. The van der Waals surface area contributed by atoms with E-state index in [-0.39, 0.29) is 5.91 Å². The van der Waals surface area contributed by atoms with Crippen LogP contribution in [0.4, 0.5) is 5.69 Å². The Morgan fingerprint density at radius 2 is 1.74 bits per heavy atom. The summed E-state index contributed by atoms with van der Waals surface area (Å²) in [6.45, 7) is 2.00. The van der Waals surface area contributed by atoms with Crippen LogP contribution in [0.1, 0.15) is 15.9 Å². The van der Waals surface area contributed by atoms with Gasteiger partial charge in [0.05, 0.1) is 5.69 Å². The summed E-state index contributed by atoms with van der Waals surface area (Å²) in [4.78, 5) is 21.2. The summed E-state index contributed by atoms with van der Waals surface area (Å²) in [7, 11) is 0. The van der Waals surface area contributed by atoms with E-state index in [0.29, 0.717) is 5.56 Å². The molecule has 0 aliphatic carbocycles. The van der Waals surface area contributed by atoms with Gasteiger partial charge in [0.15, 0.2) is 0 Å². The monoisotopic (exact) mass is 371 g/mol. The molecule has 0 spiro atoms. The minimum Gasteiger partial charge on any atom is -0.322 e. The van der Waals surface area contributed by atoms with Crippen molar-refractivity contribution in [1.29, 1.82) is 0 Å². The Balaban J connectivity index is 1.55. The molecular formula is C22H17N3OS. The highest BCUT2D eigenvalue weighted by Crippen LogP contribution is 2.29. The number of carbonyl (C=O) groups excluding carboxylic acids is 1. The van der Waals surface area contributed by atoms with Crippen molar-refractivity contribution in [1.82, 2.24) is 9.97 Å². The molecule has 0 fully saturated rings. The first-order chi connectivity index (χ1) is 13.2. The van der Waals surface area contributed by atoms with Gasteiger partial charge in [-0.3, -0.25) is 9.78 Å². The third-order valence-corrected chi connectivity index (χ3v) is 5.05. The molecule has 1 N–H and O–H groups in total. The number of anilines is 1. The van der Waals surface area contributed by atoms with E-state index in [1.54, 1.807) is 23.7 Å². The number of nitrogens with one attached hydrogen (secondary N) is 1. The second-order valence-electron chi connectivity index (χ2n) is 6.17. The van der Waals surface area contributed by atoms with Crippen LogP contribution in [-0.4, -0.2) is 15.9 Å². The van der Waals surface area contributed by atoms with Crippen LogP contribution < -0.4 is 5.32 Å². The third kappa shape index (κ3) is 3.93. The van der Waals surface area contributed by atoms with Gasteiger partial charge in [-0.2, -0.15) is 0 Å². The molecule has 4 aromatic rings. The molecule has 4 nitrogen and oxygen atoms in total. The first kappa shape index (κ1) is 17.1. The number of benzene rings is 2. The van der Waals surface area contributed by atoms with Gasteiger partial charge in [-0.15, -0.1) is 11.3 Å². The molecule has 0 radical (unpaired) electrons. The molecule has 0 aliphatic heterocycles. The molecule has 5 heteroatoms. The fourth-order valence-electron chi connectivity index (χ4n) is 2.70. The minimum absolute atomic E-state index is 0.122. The Kier molecular flexibility index (Phi) is 4.77.